The number of benzene rings is 3. The zero-order valence-corrected chi connectivity index (χ0v) is 17.1. The second-order valence-electron chi connectivity index (χ2n) is 6.92. The van der Waals surface area contributed by atoms with Crippen molar-refractivity contribution in [1.29, 1.82) is 0 Å². The molecular formula is C23H16ClN3O4. The van der Waals surface area contributed by atoms with Crippen LogP contribution >= 0.6 is 11.6 Å². The molecule has 31 heavy (non-hydrogen) atoms. The van der Waals surface area contributed by atoms with Gasteiger partial charge in [0, 0.05) is 22.8 Å². The number of rotatable bonds is 5. The van der Waals surface area contributed by atoms with E-state index in [1.165, 1.54) is 24.3 Å². The van der Waals surface area contributed by atoms with Gasteiger partial charge in [-0.2, -0.15) is 0 Å². The van der Waals surface area contributed by atoms with Crippen molar-refractivity contribution in [3.63, 3.8) is 0 Å². The Hall–Kier alpha value is -3.97. The number of imide groups is 1. The summed E-state index contributed by atoms with van der Waals surface area (Å²) in [5.41, 5.74) is 2.32. The van der Waals surface area contributed by atoms with Crippen LogP contribution in [0.4, 0.5) is 17.1 Å². The molecule has 3 aromatic carbocycles. The lowest BCUT2D eigenvalue weighted by molar-refractivity contribution is -0.384. The maximum Gasteiger partial charge on any atom is 0.282 e. The van der Waals surface area contributed by atoms with Crippen LogP contribution in [0.5, 0.6) is 0 Å². The number of halogens is 1. The van der Waals surface area contributed by atoms with Gasteiger partial charge >= 0.3 is 0 Å². The standard InChI is InChI=1S/C23H16ClN3O4/c1-14-7-10-16(13-19(14)24)25-21-20(15-8-11-18(12-9-15)27(30)31)22(28)26(23(21)29)17-5-3-2-4-6-17/h2-13,25H,1H3. The molecule has 0 saturated carbocycles. The predicted octanol–water partition coefficient (Wildman–Crippen LogP) is 4.95. The van der Waals surface area contributed by atoms with Crippen molar-refractivity contribution >= 4 is 46.1 Å². The molecule has 1 N–H and O–H groups in total. The molecule has 3 aromatic rings. The number of nitro benzene ring substituents is 1. The molecule has 1 heterocycles. The fraction of sp³-hybridized carbons (Fsp3) is 0.0435. The number of para-hydroxylation sites is 1. The summed E-state index contributed by atoms with van der Waals surface area (Å²) in [6.07, 6.45) is 0. The summed E-state index contributed by atoms with van der Waals surface area (Å²) in [6, 6.07) is 19.3. The summed E-state index contributed by atoms with van der Waals surface area (Å²) < 4.78 is 0. The monoisotopic (exact) mass is 433 g/mol. The molecule has 154 valence electrons. The summed E-state index contributed by atoms with van der Waals surface area (Å²) in [5, 5.41) is 14.5. The van der Waals surface area contributed by atoms with Crippen LogP contribution < -0.4 is 10.2 Å². The van der Waals surface area contributed by atoms with E-state index in [1.807, 2.05) is 6.92 Å². The Morgan fingerprint density at radius 1 is 0.935 bits per heavy atom. The minimum atomic E-state index is -0.527. The highest BCUT2D eigenvalue weighted by Crippen LogP contribution is 2.34. The molecule has 0 saturated heterocycles. The van der Waals surface area contributed by atoms with Crippen molar-refractivity contribution < 1.29 is 14.5 Å². The van der Waals surface area contributed by atoms with Crippen molar-refractivity contribution in [2.45, 2.75) is 6.92 Å². The largest absolute Gasteiger partial charge is 0.350 e. The number of hydrogen-bond acceptors (Lipinski definition) is 5. The van der Waals surface area contributed by atoms with Gasteiger partial charge in [0.15, 0.2) is 0 Å². The molecule has 1 aliphatic rings. The highest BCUT2D eigenvalue weighted by Gasteiger charge is 2.40. The summed E-state index contributed by atoms with van der Waals surface area (Å²) in [5.74, 6) is -1.05. The van der Waals surface area contributed by atoms with Gasteiger partial charge in [0.1, 0.15) is 5.70 Å². The zero-order valence-electron chi connectivity index (χ0n) is 16.3. The van der Waals surface area contributed by atoms with Gasteiger partial charge < -0.3 is 5.32 Å². The molecule has 0 bridgehead atoms. The van der Waals surface area contributed by atoms with Crippen molar-refractivity contribution in [2.75, 3.05) is 10.2 Å². The Morgan fingerprint density at radius 3 is 2.23 bits per heavy atom. The van der Waals surface area contributed by atoms with Crippen molar-refractivity contribution in [1.82, 2.24) is 0 Å². The number of anilines is 2. The van der Waals surface area contributed by atoms with Gasteiger partial charge in [0.05, 0.1) is 16.2 Å². The van der Waals surface area contributed by atoms with Gasteiger partial charge in [-0.1, -0.05) is 35.9 Å². The molecule has 8 heteroatoms. The van der Waals surface area contributed by atoms with Crippen LogP contribution in [0.1, 0.15) is 11.1 Å². The first-order chi connectivity index (χ1) is 14.9. The van der Waals surface area contributed by atoms with Crippen LogP contribution in [0.3, 0.4) is 0 Å². The fourth-order valence-electron chi connectivity index (χ4n) is 3.29. The maximum absolute atomic E-state index is 13.3. The summed E-state index contributed by atoms with van der Waals surface area (Å²) in [6.45, 7) is 1.86. The Labute approximate surface area is 182 Å². The van der Waals surface area contributed by atoms with Crippen LogP contribution in [0.2, 0.25) is 5.02 Å². The number of carbonyl (C=O) groups excluding carboxylic acids is 2. The Balaban J connectivity index is 1.82. The molecule has 4 rings (SSSR count). The van der Waals surface area contributed by atoms with E-state index in [1.54, 1.807) is 48.5 Å². The van der Waals surface area contributed by atoms with E-state index in [0.717, 1.165) is 10.5 Å². The third-order valence-corrected chi connectivity index (χ3v) is 5.31. The van der Waals surface area contributed by atoms with E-state index in [2.05, 4.69) is 5.32 Å². The van der Waals surface area contributed by atoms with Gasteiger partial charge in [0.2, 0.25) is 0 Å². The van der Waals surface area contributed by atoms with E-state index >= 15 is 0 Å². The molecule has 0 fully saturated rings. The number of nitrogens with one attached hydrogen (secondary N) is 1. The lowest BCUT2D eigenvalue weighted by atomic mass is 10.0. The van der Waals surface area contributed by atoms with Crippen molar-refractivity contribution in [3.05, 3.63) is 105 Å². The van der Waals surface area contributed by atoms with Crippen LogP contribution in [0.15, 0.2) is 78.5 Å². The van der Waals surface area contributed by atoms with Gasteiger partial charge in [-0.3, -0.25) is 19.7 Å². The van der Waals surface area contributed by atoms with E-state index < -0.39 is 16.7 Å². The van der Waals surface area contributed by atoms with Gasteiger partial charge in [-0.25, -0.2) is 4.90 Å². The lowest BCUT2D eigenvalue weighted by Crippen LogP contribution is -2.32. The average Bonchev–Trinajstić information content (AvgIpc) is 3.01. The summed E-state index contributed by atoms with van der Waals surface area (Å²) in [7, 11) is 0. The smallest absolute Gasteiger partial charge is 0.282 e. The van der Waals surface area contributed by atoms with E-state index in [4.69, 9.17) is 11.6 Å². The first kappa shape index (κ1) is 20.3. The van der Waals surface area contributed by atoms with Gasteiger partial charge in [-0.15, -0.1) is 0 Å². The van der Waals surface area contributed by atoms with Gasteiger partial charge in [-0.05, 0) is 54.4 Å². The minimum absolute atomic E-state index is 0.0719. The van der Waals surface area contributed by atoms with Crippen LogP contribution in [0, 0.1) is 17.0 Å². The molecule has 7 nitrogen and oxygen atoms in total. The molecule has 1 aliphatic heterocycles. The number of nitrogens with zero attached hydrogens (tertiary/aromatic N) is 2. The molecule has 0 radical (unpaired) electrons. The number of nitro groups is 1. The number of carbonyl (C=O) groups is 2. The highest BCUT2D eigenvalue weighted by molar-refractivity contribution is 6.46. The second-order valence-corrected chi connectivity index (χ2v) is 7.33. The number of amides is 2. The molecule has 0 atom stereocenters. The average molecular weight is 434 g/mol. The normalized spacial score (nSPS) is 13.7. The highest BCUT2D eigenvalue weighted by atomic mass is 35.5. The number of non-ortho nitro benzene ring substituents is 1. The Bertz CT molecular complexity index is 1240. The molecule has 0 spiro atoms. The number of aryl methyl sites for hydroxylation is 1. The van der Waals surface area contributed by atoms with Crippen LogP contribution in [-0.4, -0.2) is 16.7 Å². The van der Waals surface area contributed by atoms with E-state index in [-0.39, 0.29) is 17.0 Å². The van der Waals surface area contributed by atoms with Crippen molar-refractivity contribution in [2.24, 2.45) is 0 Å². The molecule has 0 aliphatic carbocycles. The first-order valence-electron chi connectivity index (χ1n) is 9.33. The maximum atomic E-state index is 13.3. The Morgan fingerprint density at radius 2 is 1.61 bits per heavy atom. The zero-order chi connectivity index (χ0) is 22.1. The molecule has 0 aromatic heterocycles. The molecule has 0 unspecified atom stereocenters. The third kappa shape index (κ3) is 3.78. The third-order valence-electron chi connectivity index (χ3n) is 4.91. The van der Waals surface area contributed by atoms with E-state index in [0.29, 0.717) is 22.0 Å². The summed E-state index contributed by atoms with van der Waals surface area (Å²) >= 11 is 6.21. The quantitative estimate of drug-likeness (QED) is 0.349. The van der Waals surface area contributed by atoms with Crippen molar-refractivity contribution in [3.8, 4) is 0 Å². The Kier molecular flexibility index (Phi) is 5.27. The lowest BCUT2D eigenvalue weighted by Gasteiger charge is -2.15. The topological polar surface area (TPSA) is 92.6 Å². The molecule has 2 amide bonds. The van der Waals surface area contributed by atoms with Crippen LogP contribution in [-0.2, 0) is 9.59 Å². The molecular weight excluding hydrogens is 418 g/mol. The number of hydrogen-bond donors (Lipinski definition) is 1. The predicted molar refractivity (Wildman–Crippen MR) is 119 cm³/mol. The fourth-order valence-corrected chi connectivity index (χ4v) is 3.47. The SMILES string of the molecule is Cc1ccc(NC2=C(c3ccc([N+](=O)[O-])cc3)C(=O)N(c3ccccc3)C2=O)cc1Cl. The van der Waals surface area contributed by atoms with E-state index in [9.17, 15) is 19.7 Å². The summed E-state index contributed by atoms with van der Waals surface area (Å²) in [4.78, 5) is 38.1. The minimum Gasteiger partial charge on any atom is -0.350 e. The van der Waals surface area contributed by atoms with Gasteiger partial charge in [0.25, 0.3) is 17.5 Å². The first-order valence-corrected chi connectivity index (χ1v) is 9.70. The second kappa shape index (κ2) is 8.04. The van der Waals surface area contributed by atoms with Crippen LogP contribution in [0.25, 0.3) is 5.57 Å².